The van der Waals surface area contributed by atoms with Gasteiger partial charge in [-0.25, -0.2) is 8.42 Å². The highest BCUT2D eigenvalue weighted by molar-refractivity contribution is 7.89. The van der Waals surface area contributed by atoms with Gasteiger partial charge in [-0.05, 0) is 61.3 Å². The Kier molecular flexibility index (Phi) is 5.01. The van der Waals surface area contributed by atoms with Crippen molar-refractivity contribution in [3.8, 4) is 5.75 Å². The number of ether oxygens (including phenoxy) is 1. The number of hydrogen-bond acceptors (Lipinski definition) is 4. The van der Waals surface area contributed by atoms with Crippen LogP contribution in [0.15, 0.2) is 18.2 Å². The fraction of sp³-hybridized carbons (Fsp3) is 0.700. The molecule has 6 heteroatoms. The first kappa shape index (κ1) is 18.3. The minimum absolute atomic E-state index is 0.162. The number of hydrogen-bond donors (Lipinski definition) is 0. The minimum Gasteiger partial charge on any atom is -0.497 e. The number of nitrogens with zero attached hydrogens (tertiary/aromatic N) is 2. The fourth-order valence-electron chi connectivity index (χ4n) is 5.24. The van der Waals surface area contributed by atoms with Crippen LogP contribution in [0.1, 0.15) is 49.8 Å². The van der Waals surface area contributed by atoms with Crippen molar-refractivity contribution < 1.29 is 13.2 Å². The Bertz CT molecular complexity index is 764. The molecule has 2 saturated heterocycles. The SMILES string of the molecule is CCCS(=O)(=O)N1CCCC2CN3CCc4cc(OC)ccc4C3CC21. The van der Waals surface area contributed by atoms with E-state index in [4.69, 9.17) is 4.74 Å². The third-order valence-corrected chi connectivity index (χ3v) is 8.53. The second-order valence-corrected chi connectivity index (χ2v) is 10.00. The molecule has 3 aliphatic rings. The van der Waals surface area contributed by atoms with Crippen molar-refractivity contribution in [3.05, 3.63) is 29.3 Å². The molecule has 2 fully saturated rings. The predicted octanol–water partition coefficient (Wildman–Crippen LogP) is 2.82. The number of rotatable bonds is 4. The van der Waals surface area contributed by atoms with Crippen LogP contribution in [-0.2, 0) is 16.4 Å². The molecule has 0 N–H and O–H groups in total. The summed E-state index contributed by atoms with van der Waals surface area (Å²) in [5, 5.41) is 0. The summed E-state index contributed by atoms with van der Waals surface area (Å²) in [6, 6.07) is 6.89. The zero-order chi connectivity index (χ0) is 18.3. The summed E-state index contributed by atoms with van der Waals surface area (Å²) in [7, 11) is -1.43. The topological polar surface area (TPSA) is 49.9 Å². The smallest absolute Gasteiger partial charge is 0.214 e. The summed E-state index contributed by atoms with van der Waals surface area (Å²) in [6.45, 7) is 4.74. The molecule has 1 aromatic rings. The van der Waals surface area contributed by atoms with Gasteiger partial charge in [-0.15, -0.1) is 0 Å². The van der Waals surface area contributed by atoms with E-state index in [0.717, 1.165) is 44.5 Å². The highest BCUT2D eigenvalue weighted by Crippen LogP contribution is 2.44. The van der Waals surface area contributed by atoms with Crippen LogP contribution in [0.5, 0.6) is 5.75 Å². The van der Waals surface area contributed by atoms with Crippen molar-refractivity contribution in [1.82, 2.24) is 9.21 Å². The maximum Gasteiger partial charge on any atom is 0.214 e. The second kappa shape index (κ2) is 7.13. The van der Waals surface area contributed by atoms with E-state index in [1.807, 2.05) is 17.3 Å². The fourth-order valence-corrected chi connectivity index (χ4v) is 7.07. The van der Waals surface area contributed by atoms with Crippen LogP contribution in [0, 0.1) is 5.92 Å². The van der Waals surface area contributed by atoms with Crippen molar-refractivity contribution in [2.75, 3.05) is 32.5 Å². The summed E-state index contributed by atoms with van der Waals surface area (Å²) in [5.41, 5.74) is 2.73. The number of benzene rings is 1. The quantitative estimate of drug-likeness (QED) is 0.808. The molecule has 3 unspecified atom stereocenters. The third kappa shape index (κ3) is 3.16. The van der Waals surface area contributed by atoms with Crippen LogP contribution in [0.4, 0.5) is 0 Å². The molecule has 0 bridgehead atoms. The van der Waals surface area contributed by atoms with Gasteiger partial charge in [-0.3, -0.25) is 4.90 Å². The monoisotopic (exact) mass is 378 g/mol. The summed E-state index contributed by atoms with van der Waals surface area (Å²) in [5.74, 6) is 1.67. The third-order valence-electron chi connectivity index (χ3n) is 6.44. The lowest BCUT2D eigenvalue weighted by Gasteiger charge is -2.51. The van der Waals surface area contributed by atoms with E-state index in [9.17, 15) is 8.42 Å². The molecule has 26 heavy (non-hydrogen) atoms. The van der Waals surface area contributed by atoms with Gasteiger partial charge in [0.25, 0.3) is 0 Å². The van der Waals surface area contributed by atoms with Crippen molar-refractivity contribution in [1.29, 1.82) is 0 Å². The molecular formula is C20H30N2O3S. The van der Waals surface area contributed by atoms with Gasteiger partial charge < -0.3 is 4.74 Å². The Morgan fingerprint density at radius 2 is 2.12 bits per heavy atom. The summed E-state index contributed by atoms with van der Waals surface area (Å²) in [4.78, 5) is 2.59. The standard InChI is InChI=1S/C20H30N2O3S/c1-3-11-26(23,24)22-9-4-5-16-14-21-10-8-15-12-17(25-2)6-7-18(15)20(21)13-19(16)22/h6-7,12,16,19-20H,3-5,8-11,13-14H2,1-2H3. The molecule has 0 spiro atoms. The normalized spacial score (nSPS) is 29.5. The molecule has 0 aliphatic carbocycles. The van der Waals surface area contributed by atoms with Crippen LogP contribution < -0.4 is 4.74 Å². The summed E-state index contributed by atoms with van der Waals surface area (Å²) >= 11 is 0. The van der Waals surface area contributed by atoms with E-state index in [0.29, 0.717) is 24.9 Å². The maximum atomic E-state index is 12.8. The largest absolute Gasteiger partial charge is 0.497 e. The van der Waals surface area contributed by atoms with E-state index in [1.54, 1.807) is 7.11 Å². The Hall–Kier alpha value is -1.11. The number of methoxy groups -OCH3 is 1. The zero-order valence-corrected chi connectivity index (χ0v) is 16.7. The maximum absolute atomic E-state index is 12.8. The van der Waals surface area contributed by atoms with E-state index >= 15 is 0 Å². The Morgan fingerprint density at radius 3 is 2.88 bits per heavy atom. The number of fused-ring (bicyclic) bond motifs is 4. The van der Waals surface area contributed by atoms with Crippen molar-refractivity contribution in [2.24, 2.45) is 5.92 Å². The van der Waals surface area contributed by atoms with Crippen LogP contribution in [0.3, 0.4) is 0 Å². The lowest BCUT2D eigenvalue weighted by Crippen LogP contribution is -2.57. The first-order chi connectivity index (χ1) is 12.5. The van der Waals surface area contributed by atoms with Gasteiger partial charge in [0, 0.05) is 31.7 Å². The van der Waals surface area contributed by atoms with Crippen LogP contribution in [-0.4, -0.2) is 56.2 Å². The van der Waals surface area contributed by atoms with Gasteiger partial charge in [0.1, 0.15) is 5.75 Å². The predicted molar refractivity (Wildman–Crippen MR) is 103 cm³/mol. The number of sulfonamides is 1. The molecule has 0 saturated carbocycles. The molecule has 3 atom stereocenters. The molecule has 5 nitrogen and oxygen atoms in total. The van der Waals surface area contributed by atoms with Gasteiger partial charge >= 0.3 is 0 Å². The first-order valence-electron chi connectivity index (χ1n) is 9.94. The van der Waals surface area contributed by atoms with Gasteiger partial charge in [0.15, 0.2) is 0 Å². The molecular weight excluding hydrogens is 348 g/mol. The van der Waals surface area contributed by atoms with Crippen molar-refractivity contribution in [2.45, 2.75) is 51.1 Å². The average molecular weight is 379 g/mol. The number of piperidine rings is 2. The molecule has 0 aromatic heterocycles. The van der Waals surface area contributed by atoms with Gasteiger partial charge in [0.2, 0.25) is 10.0 Å². The molecule has 1 aromatic carbocycles. The van der Waals surface area contributed by atoms with E-state index in [1.165, 1.54) is 11.1 Å². The van der Waals surface area contributed by atoms with E-state index in [2.05, 4.69) is 17.0 Å². The Labute approximate surface area is 157 Å². The van der Waals surface area contributed by atoms with Gasteiger partial charge in [-0.1, -0.05) is 13.0 Å². The summed E-state index contributed by atoms with van der Waals surface area (Å²) < 4.78 is 32.9. The Balaban J connectivity index is 1.63. The van der Waals surface area contributed by atoms with Crippen LogP contribution in [0.25, 0.3) is 0 Å². The highest BCUT2D eigenvalue weighted by atomic mass is 32.2. The lowest BCUT2D eigenvalue weighted by molar-refractivity contribution is 0.0220. The zero-order valence-electron chi connectivity index (χ0n) is 15.9. The molecule has 144 valence electrons. The van der Waals surface area contributed by atoms with E-state index in [-0.39, 0.29) is 11.8 Å². The van der Waals surface area contributed by atoms with Crippen molar-refractivity contribution in [3.63, 3.8) is 0 Å². The van der Waals surface area contributed by atoms with Crippen LogP contribution >= 0.6 is 0 Å². The summed E-state index contributed by atoms with van der Waals surface area (Å²) in [6.07, 6.45) is 4.82. The molecule has 3 heterocycles. The minimum atomic E-state index is -3.13. The van der Waals surface area contributed by atoms with E-state index < -0.39 is 10.0 Å². The van der Waals surface area contributed by atoms with Gasteiger partial charge in [0.05, 0.1) is 12.9 Å². The Morgan fingerprint density at radius 1 is 1.27 bits per heavy atom. The van der Waals surface area contributed by atoms with Crippen molar-refractivity contribution >= 4 is 10.0 Å². The second-order valence-electron chi connectivity index (χ2n) is 7.96. The lowest BCUT2D eigenvalue weighted by atomic mass is 9.77. The molecule has 4 rings (SSSR count). The first-order valence-corrected chi connectivity index (χ1v) is 11.5. The molecule has 0 amide bonds. The highest BCUT2D eigenvalue weighted by Gasteiger charge is 2.45. The molecule has 0 radical (unpaired) electrons. The average Bonchev–Trinajstić information content (AvgIpc) is 2.65. The van der Waals surface area contributed by atoms with Crippen LogP contribution in [0.2, 0.25) is 0 Å². The van der Waals surface area contributed by atoms with Gasteiger partial charge in [-0.2, -0.15) is 4.31 Å². The molecule has 3 aliphatic heterocycles.